The SMILES string of the molecule is NC(=O)C1CCN(S(=O)(=O)c2ccccc2-c2ccccc2)C1. The maximum atomic E-state index is 13.0. The maximum Gasteiger partial charge on any atom is 0.243 e. The first-order chi connectivity index (χ1) is 11.0. The third kappa shape index (κ3) is 3.00. The summed E-state index contributed by atoms with van der Waals surface area (Å²) in [6.45, 7) is 0.472. The summed E-state index contributed by atoms with van der Waals surface area (Å²) in [5, 5.41) is 0. The van der Waals surface area contributed by atoms with Gasteiger partial charge in [-0.2, -0.15) is 4.31 Å². The number of rotatable bonds is 4. The molecule has 2 aromatic rings. The molecule has 0 aromatic heterocycles. The zero-order valence-corrected chi connectivity index (χ0v) is 13.4. The predicted octanol–water partition coefficient (Wildman–Crippen LogP) is 1.85. The number of hydrogen-bond donors (Lipinski definition) is 1. The Morgan fingerprint density at radius 3 is 2.35 bits per heavy atom. The van der Waals surface area contributed by atoms with E-state index in [0.717, 1.165) is 5.56 Å². The quantitative estimate of drug-likeness (QED) is 0.929. The lowest BCUT2D eigenvalue weighted by Crippen LogP contribution is -2.32. The van der Waals surface area contributed by atoms with Crippen LogP contribution in [0.1, 0.15) is 6.42 Å². The van der Waals surface area contributed by atoms with Gasteiger partial charge < -0.3 is 5.73 Å². The van der Waals surface area contributed by atoms with Crippen LogP contribution in [-0.4, -0.2) is 31.7 Å². The number of sulfonamides is 1. The number of carbonyl (C=O) groups excluding carboxylic acids is 1. The van der Waals surface area contributed by atoms with Crippen LogP contribution in [0, 0.1) is 5.92 Å². The number of nitrogens with zero attached hydrogens (tertiary/aromatic N) is 1. The van der Waals surface area contributed by atoms with Gasteiger partial charge in [0, 0.05) is 18.7 Å². The van der Waals surface area contributed by atoms with E-state index in [1.807, 2.05) is 36.4 Å². The van der Waals surface area contributed by atoms with E-state index in [1.54, 1.807) is 18.2 Å². The minimum atomic E-state index is -3.66. The van der Waals surface area contributed by atoms with Crippen molar-refractivity contribution < 1.29 is 13.2 Å². The molecule has 120 valence electrons. The zero-order chi connectivity index (χ0) is 16.4. The average molecular weight is 330 g/mol. The number of benzene rings is 2. The number of primary amides is 1. The van der Waals surface area contributed by atoms with Crippen LogP contribution >= 0.6 is 0 Å². The second-order valence-corrected chi connectivity index (χ2v) is 7.52. The van der Waals surface area contributed by atoms with E-state index in [2.05, 4.69) is 0 Å². The van der Waals surface area contributed by atoms with Gasteiger partial charge in [-0.05, 0) is 18.1 Å². The van der Waals surface area contributed by atoms with Crippen LogP contribution in [-0.2, 0) is 14.8 Å². The Kier molecular flexibility index (Phi) is 4.19. The standard InChI is InChI=1S/C17H18N2O3S/c18-17(20)14-10-11-19(12-14)23(21,22)16-9-5-4-8-15(16)13-6-2-1-3-7-13/h1-9,14H,10-12H2,(H2,18,20). The van der Waals surface area contributed by atoms with Crippen LogP contribution < -0.4 is 5.73 Å². The highest BCUT2D eigenvalue weighted by molar-refractivity contribution is 7.89. The van der Waals surface area contributed by atoms with Crippen molar-refractivity contribution in [2.24, 2.45) is 11.7 Å². The lowest BCUT2D eigenvalue weighted by Gasteiger charge is -2.18. The molecule has 0 spiro atoms. The minimum Gasteiger partial charge on any atom is -0.369 e. The first-order valence-electron chi connectivity index (χ1n) is 7.44. The van der Waals surface area contributed by atoms with Gasteiger partial charge in [-0.3, -0.25) is 4.79 Å². The second-order valence-electron chi connectivity index (χ2n) is 5.61. The minimum absolute atomic E-state index is 0.154. The van der Waals surface area contributed by atoms with Gasteiger partial charge in [-0.25, -0.2) is 8.42 Å². The van der Waals surface area contributed by atoms with Crippen LogP contribution in [0.5, 0.6) is 0 Å². The largest absolute Gasteiger partial charge is 0.369 e. The summed E-state index contributed by atoms with van der Waals surface area (Å²) in [6, 6.07) is 16.3. The Labute approximate surface area is 135 Å². The molecule has 2 aromatic carbocycles. The number of amides is 1. The molecule has 1 atom stereocenters. The molecule has 1 amide bonds. The van der Waals surface area contributed by atoms with Crippen LogP contribution in [0.25, 0.3) is 11.1 Å². The maximum absolute atomic E-state index is 13.0. The third-order valence-electron chi connectivity index (χ3n) is 4.14. The van der Waals surface area contributed by atoms with Crippen LogP contribution in [0.2, 0.25) is 0 Å². The predicted molar refractivity (Wildman–Crippen MR) is 87.9 cm³/mol. The van der Waals surface area contributed by atoms with Gasteiger partial charge >= 0.3 is 0 Å². The highest BCUT2D eigenvalue weighted by Gasteiger charge is 2.35. The fourth-order valence-electron chi connectivity index (χ4n) is 2.87. The zero-order valence-electron chi connectivity index (χ0n) is 12.6. The molecule has 0 bridgehead atoms. The summed E-state index contributed by atoms with van der Waals surface area (Å²) < 4.78 is 27.3. The lowest BCUT2D eigenvalue weighted by atomic mass is 10.1. The van der Waals surface area contributed by atoms with Crippen molar-refractivity contribution in [3.05, 3.63) is 54.6 Å². The molecule has 3 rings (SSSR count). The molecule has 1 fully saturated rings. The third-order valence-corrected chi connectivity index (χ3v) is 6.07. The Morgan fingerprint density at radius 1 is 1.04 bits per heavy atom. The van der Waals surface area contributed by atoms with Crippen molar-refractivity contribution in [2.75, 3.05) is 13.1 Å². The van der Waals surface area contributed by atoms with Gasteiger partial charge in [0.2, 0.25) is 15.9 Å². The fourth-order valence-corrected chi connectivity index (χ4v) is 4.58. The molecule has 5 nitrogen and oxygen atoms in total. The van der Waals surface area contributed by atoms with Crippen molar-refractivity contribution in [3.8, 4) is 11.1 Å². The van der Waals surface area contributed by atoms with Crippen molar-refractivity contribution in [2.45, 2.75) is 11.3 Å². The van der Waals surface area contributed by atoms with Gasteiger partial charge in [0.05, 0.1) is 10.8 Å². The molecule has 23 heavy (non-hydrogen) atoms. The van der Waals surface area contributed by atoms with E-state index in [-0.39, 0.29) is 11.4 Å². The molecule has 2 N–H and O–H groups in total. The van der Waals surface area contributed by atoms with Gasteiger partial charge in [-0.1, -0.05) is 48.5 Å². The van der Waals surface area contributed by atoms with Crippen LogP contribution in [0.4, 0.5) is 0 Å². The molecule has 1 aliphatic rings. The van der Waals surface area contributed by atoms with Crippen molar-refractivity contribution in [3.63, 3.8) is 0 Å². The lowest BCUT2D eigenvalue weighted by molar-refractivity contribution is -0.121. The molecule has 0 radical (unpaired) electrons. The van der Waals surface area contributed by atoms with Crippen LogP contribution in [0.3, 0.4) is 0 Å². The van der Waals surface area contributed by atoms with Crippen molar-refractivity contribution in [1.82, 2.24) is 4.31 Å². The van der Waals surface area contributed by atoms with Crippen LogP contribution in [0.15, 0.2) is 59.5 Å². The smallest absolute Gasteiger partial charge is 0.243 e. The number of hydrogen-bond acceptors (Lipinski definition) is 3. The molecule has 1 heterocycles. The normalized spacial score (nSPS) is 18.9. The Morgan fingerprint density at radius 2 is 1.70 bits per heavy atom. The summed E-state index contributed by atoms with van der Waals surface area (Å²) in [7, 11) is -3.66. The van der Waals surface area contributed by atoms with E-state index >= 15 is 0 Å². The summed E-state index contributed by atoms with van der Waals surface area (Å²) in [5.74, 6) is -0.854. The van der Waals surface area contributed by atoms with Gasteiger partial charge in [0.1, 0.15) is 0 Å². The van der Waals surface area contributed by atoms with E-state index in [4.69, 9.17) is 5.73 Å². The first kappa shape index (κ1) is 15.7. The molecule has 1 saturated heterocycles. The molecule has 0 saturated carbocycles. The molecule has 1 unspecified atom stereocenters. The van der Waals surface area contributed by atoms with Gasteiger partial charge in [-0.15, -0.1) is 0 Å². The van der Waals surface area contributed by atoms with Gasteiger partial charge in [0.25, 0.3) is 0 Å². The Balaban J connectivity index is 2.00. The van der Waals surface area contributed by atoms with Crippen molar-refractivity contribution in [1.29, 1.82) is 0 Å². The summed E-state index contributed by atoms with van der Waals surface area (Å²) in [6.07, 6.45) is 0.474. The van der Waals surface area contributed by atoms with Crippen molar-refractivity contribution >= 4 is 15.9 Å². The summed E-state index contributed by atoms with van der Waals surface area (Å²) >= 11 is 0. The highest BCUT2D eigenvalue weighted by atomic mass is 32.2. The fraction of sp³-hybridized carbons (Fsp3) is 0.235. The number of carbonyl (C=O) groups is 1. The molecule has 0 aliphatic carbocycles. The average Bonchev–Trinajstić information content (AvgIpc) is 3.07. The van der Waals surface area contributed by atoms with Gasteiger partial charge in [0.15, 0.2) is 0 Å². The first-order valence-corrected chi connectivity index (χ1v) is 8.88. The second kappa shape index (κ2) is 6.14. The Hall–Kier alpha value is -2.18. The number of nitrogens with two attached hydrogens (primary N) is 1. The Bertz CT molecular complexity index is 819. The van der Waals surface area contributed by atoms with E-state index in [9.17, 15) is 13.2 Å². The summed E-state index contributed by atoms with van der Waals surface area (Å²) in [4.78, 5) is 11.6. The van der Waals surface area contributed by atoms with E-state index in [0.29, 0.717) is 18.5 Å². The highest BCUT2D eigenvalue weighted by Crippen LogP contribution is 2.31. The van der Waals surface area contributed by atoms with E-state index < -0.39 is 21.8 Å². The molecular weight excluding hydrogens is 312 g/mol. The topological polar surface area (TPSA) is 80.5 Å². The molecule has 1 aliphatic heterocycles. The monoisotopic (exact) mass is 330 g/mol. The summed E-state index contributed by atoms with van der Waals surface area (Å²) in [5.41, 5.74) is 6.81. The molecule has 6 heteroatoms. The van der Waals surface area contributed by atoms with E-state index in [1.165, 1.54) is 4.31 Å². The molecular formula is C17H18N2O3S.